The minimum atomic E-state index is -0.384. The van der Waals surface area contributed by atoms with Gasteiger partial charge < -0.3 is 14.8 Å². The van der Waals surface area contributed by atoms with Crippen LogP contribution in [0.4, 0.5) is 4.79 Å². The van der Waals surface area contributed by atoms with Crippen LogP contribution in [-0.4, -0.2) is 32.0 Å². The molecule has 112 valence electrons. The molecule has 1 saturated heterocycles. The van der Waals surface area contributed by atoms with Crippen LogP contribution in [-0.2, 0) is 9.47 Å². The molecule has 4 nitrogen and oxygen atoms in total. The SMILES string of the molecule is C=C(/C=C\C(=C)C1COC(=O)N1)C(C)CCC(C)OC. The van der Waals surface area contributed by atoms with E-state index in [4.69, 9.17) is 9.47 Å². The van der Waals surface area contributed by atoms with E-state index in [2.05, 4.69) is 32.3 Å². The number of hydrogen-bond acceptors (Lipinski definition) is 3. The van der Waals surface area contributed by atoms with Crippen molar-refractivity contribution in [1.29, 1.82) is 0 Å². The Morgan fingerprint density at radius 3 is 2.70 bits per heavy atom. The van der Waals surface area contributed by atoms with E-state index in [9.17, 15) is 4.79 Å². The Kier molecular flexibility index (Phi) is 6.52. The van der Waals surface area contributed by atoms with Crippen molar-refractivity contribution in [3.8, 4) is 0 Å². The summed E-state index contributed by atoms with van der Waals surface area (Å²) in [6, 6.07) is -0.129. The van der Waals surface area contributed by atoms with Crippen molar-refractivity contribution >= 4 is 6.09 Å². The minimum absolute atomic E-state index is 0.129. The maximum absolute atomic E-state index is 11.0. The highest BCUT2D eigenvalue weighted by Gasteiger charge is 2.23. The van der Waals surface area contributed by atoms with Gasteiger partial charge in [0.1, 0.15) is 6.61 Å². The van der Waals surface area contributed by atoms with Gasteiger partial charge in [-0.15, -0.1) is 0 Å². The molecule has 0 aliphatic carbocycles. The van der Waals surface area contributed by atoms with Gasteiger partial charge in [0.25, 0.3) is 0 Å². The van der Waals surface area contributed by atoms with E-state index in [-0.39, 0.29) is 18.2 Å². The molecule has 0 aromatic carbocycles. The second-order valence-corrected chi connectivity index (χ2v) is 5.30. The van der Waals surface area contributed by atoms with Crippen molar-refractivity contribution in [2.45, 2.75) is 38.8 Å². The molecule has 1 fully saturated rings. The van der Waals surface area contributed by atoms with Crippen LogP contribution in [0, 0.1) is 5.92 Å². The molecule has 0 radical (unpaired) electrons. The number of methoxy groups -OCH3 is 1. The number of rotatable bonds is 8. The van der Waals surface area contributed by atoms with E-state index in [1.165, 1.54) is 0 Å². The quantitative estimate of drug-likeness (QED) is 0.694. The van der Waals surface area contributed by atoms with Gasteiger partial charge in [0, 0.05) is 7.11 Å². The van der Waals surface area contributed by atoms with Gasteiger partial charge in [-0.3, -0.25) is 0 Å². The number of alkyl carbamates (subject to hydrolysis) is 1. The Morgan fingerprint density at radius 2 is 2.15 bits per heavy atom. The van der Waals surface area contributed by atoms with Crippen LogP contribution < -0.4 is 5.32 Å². The molecule has 0 bridgehead atoms. The lowest BCUT2D eigenvalue weighted by atomic mass is 9.95. The van der Waals surface area contributed by atoms with Crippen LogP contribution in [0.2, 0.25) is 0 Å². The highest BCUT2D eigenvalue weighted by atomic mass is 16.6. The van der Waals surface area contributed by atoms with E-state index in [0.29, 0.717) is 12.5 Å². The van der Waals surface area contributed by atoms with Crippen LogP contribution >= 0.6 is 0 Å². The van der Waals surface area contributed by atoms with E-state index in [1.54, 1.807) is 7.11 Å². The predicted octanol–water partition coefficient (Wildman–Crippen LogP) is 3.21. The first-order valence-electron chi connectivity index (χ1n) is 6.95. The van der Waals surface area contributed by atoms with Gasteiger partial charge in [-0.2, -0.15) is 0 Å². The second-order valence-electron chi connectivity index (χ2n) is 5.30. The molecule has 1 amide bonds. The molecule has 1 aliphatic heterocycles. The van der Waals surface area contributed by atoms with Crippen LogP contribution in [0.25, 0.3) is 0 Å². The van der Waals surface area contributed by atoms with Gasteiger partial charge >= 0.3 is 6.09 Å². The topological polar surface area (TPSA) is 47.6 Å². The van der Waals surface area contributed by atoms with Gasteiger partial charge in [-0.1, -0.05) is 37.8 Å². The van der Waals surface area contributed by atoms with E-state index < -0.39 is 0 Å². The summed E-state index contributed by atoms with van der Waals surface area (Å²) in [6.45, 7) is 12.6. The van der Waals surface area contributed by atoms with E-state index in [0.717, 1.165) is 24.0 Å². The minimum Gasteiger partial charge on any atom is -0.447 e. The first-order valence-corrected chi connectivity index (χ1v) is 6.95. The summed E-state index contributed by atoms with van der Waals surface area (Å²) in [4.78, 5) is 11.0. The van der Waals surface area contributed by atoms with Crippen LogP contribution in [0.5, 0.6) is 0 Å². The van der Waals surface area contributed by atoms with Gasteiger partial charge in [0.05, 0.1) is 12.1 Å². The molecule has 1 heterocycles. The third-order valence-corrected chi connectivity index (χ3v) is 3.67. The number of ether oxygens (including phenoxy) is 2. The van der Waals surface area contributed by atoms with Crippen molar-refractivity contribution in [3.63, 3.8) is 0 Å². The standard InChI is InChI=1S/C16H25NO3/c1-11(12(2)8-9-14(4)19-5)6-7-13(3)15-10-20-16(18)17-15/h6-7,12,14-15H,1,3,8-10H2,2,4-5H3,(H,17,18)/b7-6-. The van der Waals surface area contributed by atoms with Gasteiger partial charge in [-0.25, -0.2) is 4.79 Å². The third-order valence-electron chi connectivity index (χ3n) is 3.67. The summed E-state index contributed by atoms with van der Waals surface area (Å²) in [5.74, 6) is 0.395. The lowest BCUT2D eigenvalue weighted by Gasteiger charge is -2.15. The molecule has 4 heteroatoms. The number of allylic oxidation sites excluding steroid dienone is 2. The van der Waals surface area contributed by atoms with Crippen molar-refractivity contribution in [2.24, 2.45) is 5.92 Å². The lowest BCUT2D eigenvalue weighted by molar-refractivity contribution is 0.106. The fourth-order valence-electron chi connectivity index (χ4n) is 1.87. The fraction of sp³-hybridized carbons (Fsp3) is 0.562. The molecule has 3 atom stereocenters. The average molecular weight is 279 g/mol. The van der Waals surface area contributed by atoms with Crippen LogP contribution in [0.15, 0.2) is 36.5 Å². The summed E-state index contributed by atoms with van der Waals surface area (Å²) in [5.41, 5.74) is 1.88. The molecule has 1 rings (SSSR count). The molecule has 0 aromatic rings. The van der Waals surface area contributed by atoms with Crippen molar-refractivity contribution in [2.75, 3.05) is 13.7 Å². The number of carbonyl (C=O) groups excluding carboxylic acids is 1. The normalized spacial score (nSPS) is 21.4. The molecular weight excluding hydrogens is 254 g/mol. The van der Waals surface area contributed by atoms with E-state index in [1.807, 2.05) is 12.2 Å². The maximum atomic E-state index is 11.0. The molecule has 0 aromatic heterocycles. The highest BCUT2D eigenvalue weighted by Crippen LogP contribution is 2.19. The van der Waals surface area contributed by atoms with Crippen molar-refractivity contribution in [1.82, 2.24) is 5.32 Å². The Bertz CT molecular complexity index is 401. The maximum Gasteiger partial charge on any atom is 0.407 e. The molecular formula is C16H25NO3. The van der Waals surface area contributed by atoms with Gasteiger partial charge in [0.2, 0.25) is 0 Å². The van der Waals surface area contributed by atoms with Crippen molar-refractivity contribution in [3.05, 3.63) is 36.5 Å². The zero-order valence-electron chi connectivity index (χ0n) is 12.6. The zero-order chi connectivity index (χ0) is 15.1. The Hall–Kier alpha value is -1.55. The van der Waals surface area contributed by atoms with Crippen LogP contribution in [0.3, 0.4) is 0 Å². The largest absolute Gasteiger partial charge is 0.447 e. The number of carbonyl (C=O) groups is 1. The summed E-state index contributed by atoms with van der Waals surface area (Å²) >= 11 is 0. The van der Waals surface area contributed by atoms with Gasteiger partial charge in [-0.05, 0) is 31.3 Å². The Labute approximate surface area is 121 Å². The predicted molar refractivity (Wildman–Crippen MR) is 80.6 cm³/mol. The molecule has 0 saturated carbocycles. The number of hydrogen-bond donors (Lipinski definition) is 1. The second kappa shape index (κ2) is 7.90. The molecule has 20 heavy (non-hydrogen) atoms. The summed E-state index contributed by atoms with van der Waals surface area (Å²) in [5, 5.41) is 2.70. The Morgan fingerprint density at radius 1 is 1.45 bits per heavy atom. The zero-order valence-corrected chi connectivity index (χ0v) is 12.6. The molecule has 1 aliphatic rings. The summed E-state index contributed by atoms with van der Waals surface area (Å²) < 4.78 is 10.1. The first kappa shape index (κ1) is 16.5. The average Bonchev–Trinajstić information content (AvgIpc) is 2.87. The lowest BCUT2D eigenvalue weighted by Crippen LogP contribution is -2.26. The summed E-state index contributed by atoms with van der Waals surface area (Å²) in [7, 11) is 1.73. The van der Waals surface area contributed by atoms with Gasteiger partial charge in [0.15, 0.2) is 0 Å². The number of nitrogens with one attached hydrogen (secondary N) is 1. The third kappa shape index (κ3) is 5.21. The smallest absolute Gasteiger partial charge is 0.407 e. The molecule has 1 N–H and O–H groups in total. The van der Waals surface area contributed by atoms with Crippen LogP contribution in [0.1, 0.15) is 26.7 Å². The van der Waals surface area contributed by atoms with E-state index >= 15 is 0 Å². The number of amides is 1. The molecule has 3 unspecified atom stereocenters. The monoisotopic (exact) mass is 279 g/mol. The summed E-state index contributed by atoms with van der Waals surface area (Å²) in [6.07, 6.45) is 5.80. The number of cyclic esters (lactones) is 1. The molecule has 0 spiro atoms. The first-order chi connectivity index (χ1) is 9.43. The fourth-order valence-corrected chi connectivity index (χ4v) is 1.87. The Balaban J connectivity index is 2.38. The highest BCUT2D eigenvalue weighted by molar-refractivity contribution is 5.70. The van der Waals surface area contributed by atoms with Crippen molar-refractivity contribution < 1.29 is 14.3 Å².